The van der Waals surface area contributed by atoms with E-state index in [-0.39, 0.29) is 5.56 Å². The zero-order chi connectivity index (χ0) is 22.2. The maximum atomic E-state index is 13.8. The SMILES string of the molecule is O=C(c1ccc(F)c(F)c1)n1c(-c2cccc(-c3ccccc3)c2)nc2cc(Cl)ccc21. The van der Waals surface area contributed by atoms with Gasteiger partial charge in [0.25, 0.3) is 5.91 Å². The third kappa shape index (κ3) is 3.57. The molecule has 0 spiro atoms. The number of carbonyl (C=O) groups excluding carboxylic acids is 1. The van der Waals surface area contributed by atoms with Crippen LogP contribution in [0.15, 0.2) is 91.0 Å². The van der Waals surface area contributed by atoms with Crippen molar-refractivity contribution in [3.05, 3.63) is 113 Å². The number of halogens is 3. The molecule has 0 aliphatic carbocycles. The van der Waals surface area contributed by atoms with Gasteiger partial charge in [0.1, 0.15) is 5.82 Å². The molecule has 0 unspecified atom stereocenters. The number of fused-ring (bicyclic) bond motifs is 1. The first kappa shape index (κ1) is 20.1. The minimum Gasteiger partial charge on any atom is -0.268 e. The maximum Gasteiger partial charge on any atom is 0.264 e. The number of benzene rings is 4. The van der Waals surface area contributed by atoms with Gasteiger partial charge in [0.15, 0.2) is 11.6 Å². The third-order valence-electron chi connectivity index (χ3n) is 5.21. The summed E-state index contributed by atoms with van der Waals surface area (Å²) in [5.41, 5.74) is 3.73. The van der Waals surface area contributed by atoms with Crippen molar-refractivity contribution in [2.45, 2.75) is 0 Å². The molecule has 0 aliphatic heterocycles. The van der Waals surface area contributed by atoms with Crippen molar-refractivity contribution in [1.82, 2.24) is 9.55 Å². The average molecular weight is 445 g/mol. The first-order chi connectivity index (χ1) is 15.5. The standard InChI is InChI=1S/C26H15ClF2N2O/c27-20-10-12-24-23(15-20)30-25(31(24)26(32)19-9-11-21(28)22(29)14-19)18-8-4-7-17(13-18)16-5-2-1-3-6-16/h1-15H. The normalized spacial score (nSPS) is 11.1. The molecule has 5 aromatic rings. The van der Waals surface area contributed by atoms with E-state index in [1.165, 1.54) is 10.6 Å². The number of hydrogen-bond donors (Lipinski definition) is 0. The van der Waals surface area contributed by atoms with Gasteiger partial charge in [-0.1, -0.05) is 60.1 Å². The van der Waals surface area contributed by atoms with Gasteiger partial charge in [0.2, 0.25) is 0 Å². The zero-order valence-electron chi connectivity index (χ0n) is 16.6. The summed E-state index contributed by atoms with van der Waals surface area (Å²) in [6, 6.07) is 25.6. The van der Waals surface area contributed by atoms with Crippen LogP contribution in [0.1, 0.15) is 10.4 Å². The van der Waals surface area contributed by atoms with E-state index in [1.54, 1.807) is 18.2 Å². The zero-order valence-corrected chi connectivity index (χ0v) is 17.4. The fraction of sp³-hybridized carbons (Fsp3) is 0. The Hall–Kier alpha value is -3.83. The number of hydrogen-bond acceptors (Lipinski definition) is 2. The highest BCUT2D eigenvalue weighted by atomic mass is 35.5. The van der Waals surface area contributed by atoms with E-state index < -0.39 is 17.5 Å². The molecule has 0 saturated heterocycles. The first-order valence-electron chi connectivity index (χ1n) is 9.85. The first-order valence-corrected chi connectivity index (χ1v) is 10.2. The lowest BCUT2D eigenvalue weighted by Crippen LogP contribution is -2.14. The molecular formula is C26H15ClF2N2O. The van der Waals surface area contributed by atoms with Crippen molar-refractivity contribution >= 4 is 28.5 Å². The molecule has 0 radical (unpaired) electrons. The number of carbonyl (C=O) groups is 1. The third-order valence-corrected chi connectivity index (χ3v) is 5.45. The van der Waals surface area contributed by atoms with Gasteiger partial charge < -0.3 is 0 Å². The van der Waals surface area contributed by atoms with Gasteiger partial charge in [0, 0.05) is 16.1 Å². The van der Waals surface area contributed by atoms with Crippen LogP contribution in [0.4, 0.5) is 8.78 Å². The van der Waals surface area contributed by atoms with E-state index in [1.807, 2.05) is 54.6 Å². The van der Waals surface area contributed by atoms with Gasteiger partial charge in [-0.05, 0) is 53.6 Å². The van der Waals surface area contributed by atoms with Gasteiger partial charge in [-0.2, -0.15) is 0 Å². The van der Waals surface area contributed by atoms with E-state index in [0.29, 0.717) is 27.4 Å². The van der Waals surface area contributed by atoms with Crippen LogP contribution in [-0.2, 0) is 0 Å². The summed E-state index contributed by atoms with van der Waals surface area (Å²) in [6.07, 6.45) is 0. The second-order valence-electron chi connectivity index (χ2n) is 7.28. The molecule has 5 rings (SSSR count). The predicted molar refractivity (Wildman–Crippen MR) is 122 cm³/mol. The van der Waals surface area contributed by atoms with E-state index in [9.17, 15) is 13.6 Å². The Labute approximate surface area is 187 Å². The maximum absolute atomic E-state index is 13.8. The molecule has 1 aromatic heterocycles. The molecule has 1 heterocycles. The van der Waals surface area contributed by atoms with E-state index >= 15 is 0 Å². The van der Waals surface area contributed by atoms with Gasteiger partial charge >= 0.3 is 0 Å². The molecule has 4 aromatic carbocycles. The van der Waals surface area contributed by atoms with Crippen LogP contribution < -0.4 is 0 Å². The Morgan fingerprint density at radius 1 is 0.750 bits per heavy atom. The summed E-state index contributed by atoms with van der Waals surface area (Å²) < 4.78 is 28.7. The molecule has 0 atom stereocenters. The van der Waals surface area contributed by atoms with Crippen molar-refractivity contribution in [3.8, 4) is 22.5 Å². The Morgan fingerprint density at radius 3 is 2.28 bits per heavy atom. The van der Waals surface area contributed by atoms with Crippen molar-refractivity contribution in [3.63, 3.8) is 0 Å². The summed E-state index contributed by atoms with van der Waals surface area (Å²) in [5.74, 6) is -2.24. The van der Waals surface area contributed by atoms with Crippen molar-refractivity contribution in [2.24, 2.45) is 0 Å². The van der Waals surface area contributed by atoms with Crippen LogP contribution in [-0.4, -0.2) is 15.5 Å². The Morgan fingerprint density at radius 2 is 1.50 bits per heavy atom. The lowest BCUT2D eigenvalue weighted by Gasteiger charge is -2.10. The highest BCUT2D eigenvalue weighted by Gasteiger charge is 2.21. The molecule has 0 fully saturated rings. The summed E-state index contributed by atoms with van der Waals surface area (Å²) in [7, 11) is 0. The largest absolute Gasteiger partial charge is 0.268 e. The fourth-order valence-corrected chi connectivity index (χ4v) is 3.85. The summed E-state index contributed by atoms with van der Waals surface area (Å²) in [5, 5.41) is 0.479. The van der Waals surface area contributed by atoms with Crippen LogP contribution in [0.2, 0.25) is 5.02 Å². The molecule has 0 amide bonds. The Kier molecular flexibility index (Phi) is 5.04. The number of nitrogens with zero attached hydrogens (tertiary/aromatic N) is 2. The molecule has 0 N–H and O–H groups in total. The van der Waals surface area contributed by atoms with E-state index in [2.05, 4.69) is 4.98 Å². The van der Waals surface area contributed by atoms with E-state index in [4.69, 9.17) is 11.6 Å². The topological polar surface area (TPSA) is 34.9 Å². The molecule has 3 nitrogen and oxygen atoms in total. The van der Waals surface area contributed by atoms with Crippen molar-refractivity contribution in [1.29, 1.82) is 0 Å². The molecule has 0 aliphatic rings. The van der Waals surface area contributed by atoms with Crippen LogP contribution in [0, 0.1) is 11.6 Å². The minimum atomic E-state index is -1.09. The fourth-order valence-electron chi connectivity index (χ4n) is 3.68. The van der Waals surface area contributed by atoms with Crippen molar-refractivity contribution in [2.75, 3.05) is 0 Å². The molecule has 6 heteroatoms. The van der Waals surface area contributed by atoms with Crippen LogP contribution >= 0.6 is 11.6 Å². The van der Waals surface area contributed by atoms with Gasteiger partial charge in [-0.25, -0.2) is 13.8 Å². The number of aromatic nitrogens is 2. The van der Waals surface area contributed by atoms with Crippen LogP contribution in [0.5, 0.6) is 0 Å². The predicted octanol–water partition coefficient (Wildman–Crippen LogP) is 6.99. The second kappa shape index (κ2) is 8.02. The monoisotopic (exact) mass is 444 g/mol. The Balaban J connectivity index is 1.72. The molecule has 0 bridgehead atoms. The van der Waals surface area contributed by atoms with Gasteiger partial charge in [-0.3, -0.25) is 9.36 Å². The Bertz CT molecular complexity index is 1480. The highest BCUT2D eigenvalue weighted by Crippen LogP contribution is 2.30. The van der Waals surface area contributed by atoms with Crippen LogP contribution in [0.3, 0.4) is 0 Å². The lowest BCUT2D eigenvalue weighted by molar-refractivity contribution is 0.0965. The van der Waals surface area contributed by atoms with E-state index in [0.717, 1.165) is 23.3 Å². The molecule has 156 valence electrons. The molecule has 32 heavy (non-hydrogen) atoms. The second-order valence-corrected chi connectivity index (χ2v) is 7.72. The quantitative estimate of drug-likeness (QED) is 0.300. The summed E-state index contributed by atoms with van der Waals surface area (Å²) >= 11 is 6.14. The summed E-state index contributed by atoms with van der Waals surface area (Å²) in [6.45, 7) is 0. The lowest BCUT2D eigenvalue weighted by atomic mass is 10.0. The van der Waals surface area contributed by atoms with Crippen molar-refractivity contribution < 1.29 is 13.6 Å². The van der Waals surface area contributed by atoms with Gasteiger partial charge in [0.05, 0.1) is 11.0 Å². The average Bonchev–Trinajstić information content (AvgIpc) is 3.19. The van der Waals surface area contributed by atoms with Gasteiger partial charge in [-0.15, -0.1) is 0 Å². The molecule has 0 saturated carbocycles. The smallest absolute Gasteiger partial charge is 0.264 e. The highest BCUT2D eigenvalue weighted by molar-refractivity contribution is 6.31. The van der Waals surface area contributed by atoms with Crippen LogP contribution in [0.25, 0.3) is 33.5 Å². The number of rotatable bonds is 3. The number of imidazole rings is 1. The molecular weight excluding hydrogens is 430 g/mol. The minimum absolute atomic E-state index is 0.0126. The summed E-state index contributed by atoms with van der Waals surface area (Å²) in [4.78, 5) is 18.1.